The van der Waals surface area contributed by atoms with Crippen molar-refractivity contribution in [3.05, 3.63) is 65.2 Å². The van der Waals surface area contributed by atoms with Crippen molar-refractivity contribution in [2.24, 2.45) is 5.92 Å². The summed E-state index contributed by atoms with van der Waals surface area (Å²) in [6.45, 7) is 7.79. The molecule has 0 spiro atoms. The largest absolute Gasteiger partial charge is 0.494 e. The average molecular weight is 395 g/mol. The zero-order valence-electron chi connectivity index (χ0n) is 17.5. The normalized spacial score (nSPS) is 14.1. The number of hydrogen-bond acceptors (Lipinski definition) is 3. The van der Waals surface area contributed by atoms with Crippen molar-refractivity contribution in [2.45, 2.75) is 46.2 Å². The summed E-state index contributed by atoms with van der Waals surface area (Å²) in [6, 6.07) is 15.1. The Bertz CT molecular complexity index is 845. The summed E-state index contributed by atoms with van der Waals surface area (Å²) in [6.07, 6.45) is 1.38. The van der Waals surface area contributed by atoms with E-state index in [9.17, 15) is 9.59 Å². The SMILES string of the molecule is CCOc1ccc(CCNC(=O)[C@@H](CC(C)C)N2Cc3ccccc3C2=O)cc1. The first kappa shape index (κ1) is 20.9. The maximum atomic E-state index is 13.0. The van der Waals surface area contributed by atoms with Gasteiger partial charge in [-0.15, -0.1) is 0 Å². The van der Waals surface area contributed by atoms with Gasteiger partial charge in [-0.2, -0.15) is 0 Å². The van der Waals surface area contributed by atoms with Crippen LogP contribution in [0.4, 0.5) is 0 Å². The fraction of sp³-hybridized carbons (Fsp3) is 0.417. The molecule has 0 bridgehead atoms. The van der Waals surface area contributed by atoms with E-state index in [0.717, 1.165) is 23.3 Å². The Balaban J connectivity index is 1.60. The number of nitrogens with zero attached hydrogens (tertiary/aromatic N) is 1. The van der Waals surface area contributed by atoms with Crippen LogP contribution >= 0.6 is 0 Å². The van der Waals surface area contributed by atoms with Crippen LogP contribution in [0.1, 0.15) is 48.7 Å². The monoisotopic (exact) mass is 394 g/mol. The second-order valence-electron chi connectivity index (χ2n) is 7.85. The molecule has 0 saturated carbocycles. The molecule has 3 rings (SSSR count). The molecule has 0 saturated heterocycles. The van der Waals surface area contributed by atoms with Crippen molar-refractivity contribution < 1.29 is 14.3 Å². The number of carbonyl (C=O) groups is 2. The van der Waals surface area contributed by atoms with Gasteiger partial charge in [-0.25, -0.2) is 0 Å². The maximum Gasteiger partial charge on any atom is 0.255 e. The number of amides is 2. The van der Waals surface area contributed by atoms with Gasteiger partial charge in [-0.1, -0.05) is 44.2 Å². The van der Waals surface area contributed by atoms with Gasteiger partial charge in [-0.05, 0) is 55.0 Å². The highest BCUT2D eigenvalue weighted by Crippen LogP contribution is 2.26. The molecule has 2 aromatic rings. The van der Waals surface area contributed by atoms with Gasteiger partial charge >= 0.3 is 0 Å². The Kier molecular flexibility index (Phi) is 6.91. The van der Waals surface area contributed by atoms with Crippen molar-refractivity contribution >= 4 is 11.8 Å². The highest BCUT2D eigenvalue weighted by atomic mass is 16.5. The summed E-state index contributed by atoms with van der Waals surface area (Å²) in [5.41, 5.74) is 2.84. The third kappa shape index (κ3) is 5.17. The third-order valence-corrected chi connectivity index (χ3v) is 5.17. The summed E-state index contributed by atoms with van der Waals surface area (Å²) in [7, 11) is 0. The Morgan fingerprint density at radius 2 is 1.86 bits per heavy atom. The molecule has 2 aromatic carbocycles. The Morgan fingerprint density at radius 1 is 1.14 bits per heavy atom. The number of nitrogens with one attached hydrogen (secondary N) is 1. The number of rotatable bonds is 9. The van der Waals surface area contributed by atoms with E-state index in [1.165, 1.54) is 0 Å². The van der Waals surface area contributed by atoms with Crippen molar-refractivity contribution in [1.29, 1.82) is 0 Å². The first-order valence-corrected chi connectivity index (χ1v) is 10.4. The topological polar surface area (TPSA) is 58.6 Å². The average Bonchev–Trinajstić information content (AvgIpc) is 3.04. The van der Waals surface area contributed by atoms with Gasteiger partial charge in [0.25, 0.3) is 5.91 Å². The third-order valence-electron chi connectivity index (χ3n) is 5.17. The number of ether oxygens (including phenoxy) is 1. The van der Waals surface area contributed by atoms with Gasteiger partial charge < -0.3 is 15.0 Å². The van der Waals surface area contributed by atoms with Crippen molar-refractivity contribution in [1.82, 2.24) is 10.2 Å². The maximum absolute atomic E-state index is 13.0. The lowest BCUT2D eigenvalue weighted by Crippen LogP contribution is -2.48. The fourth-order valence-corrected chi connectivity index (χ4v) is 3.72. The minimum absolute atomic E-state index is 0.0482. The highest BCUT2D eigenvalue weighted by molar-refractivity contribution is 6.01. The van der Waals surface area contributed by atoms with Crippen molar-refractivity contribution in [3.63, 3.8) is 0 Å². The first-order valence-electron chi connectivity index (χ1n) is 10.4. The molecule has 0 radical (unpaired) electrons. The molecule has 1 aliphatic heterocycles. The van der Waals surface area contributed by atoms with E-state index in [1.807, 2.05) is 55.5 Å². The molecule has 29 heavy (non-hydrogen) atoms. The van der Waals surface area contributed by atoms with Crippen LogP contribution in [0.3, 0.4) is 0 Å². The van der Waals surface area contributed by atoms with Crippen molar-refractivity contribution in [3.8, 4) is 5.75 Å². The molecule has 1 atom stereocenters. The van der Waals surface area contributed by atoms with E-state index in [2.05, 4.69) is 19.2 Å². The van der Waals surface area contributed by atoms with Gasteiger partial charge in [0, 0.05) is 18.7 Å². The molecule has 0 aromatic heterocycles. The van der Waals surface area contributed by atoms with Crippen LogP contribution in [0.25, 0.3) is 0 Å². The molecule has 0 aliphatic carbocycles. The Labute approximate surface area is 173 Å². The summed E-state index contributed by atoms with van der Waals surface area (Å²) in [4.78, 5) is 27.5. The molecule has 1 heterocycles. The number of carbonyl (C=O) groups excluding carboxylic acids is 2. The van der Waals surface area contributed by atoms with Crippen LogP contribution in [-0.2, 0) is 17.8 Å². The van der Waals surface area contributed by atoms with E-state index in [1.54, 1.807) is 4.90 Å². The van der Waals surface area contributed by atoms with Gasteiger partial charge in [-0.3, -0.25) is 9.59 Å². The standard InChI is InChI=1S/C24H30N2O3/c1-4-29-20-11-9-18(10-12-20)13-14-25-23(27)22(15-17(2)3)26-16-19-7-5-6-8-21(19)24(26)28/h5-12,17,22H,4,13-16H2,1-3H3,(H,25,27)/t22-/m1/s1. The zero-order chi connectivity index (χ0) is 20.8. The molecule has 154 valence electrons. The Hall–Kier alpha value is -2.82. The van der Waals surface area contributed by atoms with Crippen molar-refractivity contribution in [2.75, 3.05) is 13.2 Å². The van der Waals surface area contributed by atoms with E-state index in [4.69, 9.17) is 4.74 Å². The number of fused-ring (bicyclic) bond motifs is 1. The molecule has 0 fully saturated rings. The summed E-state index contributed by atoms with van der Waals surface area (Å²) < 4.78 is 5.46. The van der Waals surface area contributed by atoms with Gasteiger partial charge in [0.1, 0.15) is 11.8 Å². The smallest absolute Gasteiger partial charge is 0.255 e. The van der Waals surface area contributed by atoms with E-state index >= 15 is 0 Å². The summed E-state index contributed by atoms with van der Waals surface area (Å²) >= 11 is 0. The lowest BCUT2D eigenvalue weighted by Gasteiger charge is -2.28. The summed E-state index contributed by atoms with van der Waals surface area (Å²) in [5.74, 6) is 1.04. The zero-order valence-corrected chi connectivity index (χ0v) is 17.5. The summed E-state index contributed by atoms with van der Waals surface area (Å²) in [5, 5.41) is 3.04. The molecule has 5 heteroatoms. The molecule has 1 N–H and O–H groups in total. The molecule has 1 aliphatic rings. The fourth-order valence-electron chi connectivity index (χ4n) is 3.72. The second kappa shape index (κ2) is 9.59. The van der Waals surface area contributed by atoms with Crippen LogP contribution in [0.5, 0.6) is 5.75 Å². The van der Waals surface area contributed by atoms with E-state index < -0.39 is 6.04 Å². The first-order chi connectivity index (χ1) is 14.0. The van der Waals surface area contributed by atoms with Crippen LogP contribution < -0.4 is 10.1 Å². The second-order valence-corrected chi connectivity index (χ2v) is 7.85. The molecule has 2 amide bonds. The van der Waals surface area contributed by atoms with Crippen LogP contribution in [0, 0.1) is 5.92 Å². The van der Waals surface area contributed by atoms with Gasteiger partial charge in [0.05, 0.1) is 6.61 Å². The van der Waals surface area contributed by atoms with Crippen LogP contribution in [0.15, 0.2) is 48.5 Å². The highest BCUT2D eigenvalue weighted by Gasteiger charge is 2.36. The predicted molar refractivity (Wildman–Crippen MR) is 114 cm³/mol. The minimum atomic E-state index is -0.449. The molecular weight excluding hydrogens is 364 g/mol. The van der Waals surface area contributed by atoms with E-state index in [-0.39, 0.29) is 11.8 Å². The molecule has 0 unspecified atom stereocenters. The van der Waals surface area contributed by atoms with E-state index in [0.29, 0.717) is 37.6 Å². The Morgan fingerprint density at radius 3 is 2.52 bits per heavy atom. The lowest BCUT2D eigenvalue weighted by molar-refractivity contribution is -0.126. The van der Waals surface area contributed by atoms with Crippen LogP contribution in [0.2, 0.25) is 0 Å². The van der Waals surface area contributed by atoms with Gasteiger partial charge in [0.2, 0.25) is 5.91 Å². The quantitative estimate of drug-likeness (QED) is 0.703. The lowest BCUT2D eigenvalue weighted by atomic mass is 10.0. The number of hydrogen-bond donors (Lipinski definition) is 1. The van der Waals surface area contributed by atoms with Gasteiger partial charge in [0.15, 0.2) is 0 Å². The number of benzene rings is 2. The predicted octanol–water partition coefficient (Wildman–Crippen LogP) is 3.81. The van der Waals surface area contributed by atoms with Crippen LogP contribution in [-0.4, -0.2) is 35.9 Å². The molecule has 5 nitrogen and oxygen atoms in total. The minimum Gasteiger partial charge on any atom is -0.494 e. The molecular formula is C24H30N2O3.